The molecule has 0 aliphatic rings. The van der Waals surface area contributed by atoms with Crippen LogP contribution in [0.1, 0.15) is 16.1 Å². The Morgan fingerprint density at radius 2 is 2.24 bits per heavy atom. The first-order valence-electron chi connectivity index (χ1n) is 6.14. The Morgan fingerprint density at radius 1 is 1.43 bits per heavy atom. The monoisotopic (exact) mass is 290 g/mol. The van der Waals surface area contributed by atoms with E-state index in [1.807, 2.05) is 0 Å². The highest BCUT2D eigenvalue weighted by Gasteiger charge is 2.15. The molecular formula is C14H14N2O5. The van der Waals surface area contributed by atoms with Crippen LogP contribution in [0.2, 0.25) is 0 Å². The highest BCUT2D eigenvalue weighted by molar-refractivity contribution is 5.90. The van der Waals surface area contributed by atoms with Gasteiger partial charge in [0.2, 0.25) is 0 Å². The van der Waals surface area contributed by atoms with E-state index in [0.717, 1.165) is 0 Å². The molecule has 0 bridgehead atoms. The van der Waals surface area contributed by atoms with Gasteiger partial charge >= 0.3 is 5.97 Å². The standard InChI is InChI=1S/C14H14N2O5/c1-16(8-10-3-2-6-20-10)13(17)9-21-12-7-15-5-4-11(12)14(18)19/h2-7H,8-9H2,1H3,(H,18,19). The average Bonchev–Trinajstić information content (AvgIpc) is 2.97. The first kappa shape index (κ1) is 14.6. The van der Waals surface area contributed by atoms with Crippen molar-refractivity contribution in [1.29, 1.82) is 0 Å². The predicted octanol–water partition coefficient (Wildman–Crippen LogP) is 1.41. The van der Waals surface area contributed by atoms with Crippen LogP contribution in [0.25, 0.3) is 0 Å². The number of carboxylic acid groups (broad SMARTS) is 1. The number of carbonyl (C=O) groups excluding carboxylic acids is 1. The molecule has 0 spiro atoms. The van der Waals surface area contributed by atoms with Crippen LogP contribution in [-0.2, 0) is 11.3 Å². The summed E-state index contributed by atoms with van der Waals surface area (Å²) in [6.07, 6.45) is 4.14. The van der Waals surface area contributed by atoms with Crippen molar-refractivity contribution in [2.45, 2.75) is 6.54 Å². The molecule has 0 saturated heterocycles. The van der Waals surface area contributed by atoms with Crippen molar-refractivity contribution in [3.05, 3.63) is 48.2 Å². The summed E-state index contributed by atoms with van der Waals surface area (Å²) in [7, 11) is 1.61. The Hall–Kier alpha value is -2.83. The number of aromatic nitrogens is 1. The molecular weight excluding hydrogens is 276 g/mol. The Kier molecular flexibility index (Phi) is 4.55. The third-order valence-electron chi connectivity index (χ3n) is 2.76. The number of ether oxygens (including phenoxy) is 1. The molecule has 7 heteroatoms. The number of aromatic carboxylic acids is 1. The molecule has 1 N–H and O–H groups in total. The van der Waals surface area contributed by atoms with Crippen molar-refractivity contribution < 1.29 is 23.8 Å². The average molecular weight is 290 g/mol. The van der Waals surface area contributed by atoms with Crippen molar-refractivity contribution in [3.8, 4) is 5.75 Å². The van der Waals surface area contributed by atoms with E-state index in [1.165, 1.54) is 29.6 Å². The number of carboxylic acids is 1. The van der Waals surface area contributed by atoms with Gasteiger partial charge in [-0.2, -0.15) is 0 Å². The zero-order chi connectivity index (χ0) is 15.2. The lowest BCUT2D eigenvalue weighted by atomic mass is 10.2. The van der Waals surface area contributed by atoms with Gasteiger partial charge in [0.05, 0.1) is 19.0 Å². The third kappa shape index (κ3) is 3.82. The molecule has 110 valence electrons. The first-order valence-corrected chi connectivity index (χ1v) is 6.14. The Balaban J connectivity index is 1.93. The van der Waals surface area contributed by atoms with E-state index in [4.69, 9.17) is 14.3 Å². The van der Waals surface area contributed by atoms with Gasteiger partial charge in [-0.15, -0.1) is 0 Å². The van der Waals surface area contributed by atoms with E-state index in [1.54, 1.807) is 19.2 Å². The van der Waals surface area contributed by atoms with Crippen LogP contribution < -0.4 is 4.74 Å². The number of pyridine rings is 1. The number of carbonyl (C=O) groups is 2. The molecule has 2 aromatic rings. The minimum absolute atomic E-state index is 0.0357. The Labute approximate surface area is 120 Å². The smallest absolute Gasteiger partial charge is 0.339 e. The molecule has 0 radical (unpaired) electrons. The quantitative estimate of drug-likeness (QED) is 0.864. The van der Waals surface area contributed by atoms with Crippen molar-refractivity contribution in [2.24, 2.45) is 0 Å². The van der Waals surface area contributed by atoms with Gasteiger partial charge in [0.25, 0.3) is 5.91 Å². The summed E-state index contributed by atoms with van der Waals surface area (Å²) in [6, 6.07) is 4.81. The van der Waals surface area contributed by atoms with E-state index in [-0.39, 0.29) is 23.8 Å². The fourth-order valence-corrected chi connectivity index (χ4v) is 1.65. The maximum Gasteiger partial charge on any atom is 0.339 e. The van der Waals surface area contributed by atoms with Gasteiger partial charge in [-0.05, 0) is 18.2 Å². The van der Waals surface area contributed by atoms with Gasteiger partial charge in [-0.1, -0.05) is 0 Å². The lowest BCUT2D eigenvalue weighted by Gasteiger charge is -2.16. The number of likely N-dealkylation sites (N-methyl/N-ethyl adjacent to an activating group) is 1. The van der Waals surface area contributed by atoms with Crippen molar-refractivity contribution >= 4 is 11.9 Å². The molecule has 0 atom stereocenters. The Morgan fingerprint density at radius 3 is 2.90 bits per heavy atom. The summed E-state index contributed by atoms with van der Waals surface area (Å²) in [6.45, 7) is 0.0389. The van der Waals surface area contributed by atoms with E-state index < -0.39 is 5.97 Å². The molecule has 0 unspecified atom stereocenters. The van der Waals surface area contributed by atoms with Crippen LogP contribution in [0, 0.1) is 0 Å². The number of hydrogen-bond donors (Lipinski definition) is 1. The van der Waals surface area contributed by atoms with Crippen molar-refractivity contribution in [1.82, 2.24) is 9.88 Å². The summed E-state index contributed by atoms with van der Waals surface area (Å²) in [5, 5.41) is 9.00. The topological polar surface area (TPSA) is 92.9 Å². The van der Waals surface area contributed by atoms with E-state index in [9.17, 15) is 9.59 Å². The number of amides is 1. The minimum atomic E-state index is -1.14. The van der Waals surface area contributed by atoms with Gasteiger partial charge in [0.1, 0.15) is 11.3 Å². The fraction of sp³-hybridized carbons (Fsp3) is 0.214. The van der Waals surface area contributed by atoms with Gasteiger partial charge in [-0.25, -0.2) is 4.79 Å². The van der Waals surface area contributed by atoms with E-state index in [2.05, 4.69) is 4.98 Å². The number of nitrogens with zero attached hydrogens (tertiary/aromatic N) is 2. The van der Waals surface area contributed by atoms with Crippen LogP contribution in [0.5, 0.6) is 5.75 Å². The maximum atomic E-state index is 11.9. The predicted molar refractivity (Wildman–Crippen MR) is 71.9 cm³/mol. The summed E-state index contributed by atoms with van der Waals surface area (Å²) in [4.78, 5) is 28.1. The van der Waals surface area contributed by atoms with Crippen molar-refractivity contribution in [2.75, 3.05) is 13.7 Å². The molecule has 2 rings (SSSR count). The highest BCUT2D eigenvalue weighted by atomic mass is 16.5. The lowest BCUT2D eigenvalue weighted by molar-refractivity contribution is -0.132. The fourth-order valence-electron chi connectivity index (χ4n) is 1.65. The second kappa shape index (κ2) is 6.56. The largest absolute Gasteiger partial charge is 0.481 e. The van der Waals surface area contributed by atoms with Crippen LogP contribution >= 0.6 is 0 Å². The number of furan rings is 1. The van der Waals surface area contributed by atoms with E-state index >= 15 is 0 Å². The summed E-state index contributed by atoms with van der Waals surface area (Å²) < 4.78 is 10.4. The molecule has 0 aliphatic heterocycles. The number of rotatable bonds is 6. The zero-order valence-corrected chi connectivity index (χ0v) is 11.4. The number of hydrogen-bond acceptors (Lipinski definition) is 5. The van der Waals surface area contributed by atoms with Gasteiger partial charge < -0.3 is 19.2 Å². The molecule has 2 heterocycles. The van der Waals surface area contributed by atoms with Crippen molar-refractivity contribution in [3.63, 3.8) is 0 Å². The molecule has 0 saturated carbocycles. The van der Waals surface area contributed by atoms with E-state index in [0.29, 0.717) is 12.3 Å². The molecule has 2 aromatic heterocycles. The highest BCUT2D eigenvalue weighted by Crippen LogP contribution is 2.16. The first-order chi connectivity index (χ1) is 10.1. The van der Waals surface area contributed by atoms with Crippen LogP contribution in [0.4, 0.5) is 0 Å². The van der Waals surface area contributed by atoms with Gasteiger partial charge in [0, 0.05) is 13.2 Å². The molecule has 0 aliphatic carbocycles. The summed E-state index contributed by atoms with van der Waals surface area (Å²) >= 11 is 0. The summed E-state index contributed by atoms with van der Waals surface area (Å²) in [5.74, 6) is -0.724. The molecule has 21 heavy (non-hydrogen) atoms. The van der Waals surface area contributed by atoms with Gasteiger partial charge in [0.15, 0.2) is 12.4 Å². The Bertz CT molecular complexity index is 624. The van der Waals surface area contributed by atoms with Crippen LogP contribution in [0.15, 0.2) is 41.3 Å². The maximum absolute atomic E-state index is 11.9. The zero-order valence-electron chi connectivity index (χ0n) is 11.4. The molecule has 1 amide bonds. The summed E-state index contributed by atoms with van der Waals surface area (Å²) in [5.41, 5.74) is -0.0357. The second-order valence-electron chi connectivity index (χ2n) is 4.29. The molecule has 0 fully saturated rings. The molecule has 0 aromatic carbocycles. The van der Waals surface area contributed by atoms with Crippen LogP contribution in [-0.4, -0.2) is 40.5 Å². The second-order valence-corrected chi connectivity index (χ2v) is 4.29. The SMILES string of the molecule is CN(Cc1ccco1)C(=O)COc1cnccc1C(=O)O. The normalized spacial score (nSPS) is 10.1. The third-order valence-corrected chi connectivity index (χ3v) is 2.76. The minimum Gasteiger partial charge on any atom is -0.481 e. The van der Waals surface area contributed by atoms with Crippen LogP contribution in [0.3, 0.4) is 0 Å². The molecule has 7 nitrogen and oxygen atoms in total. The lowest BCUT2D eigenvalue weighted by Crippen LogP contribution is -2.31. The van der Waals surface area contributed by atoms with Gasteiger partial charge in [-0.3, -0.25) is 9.78 Å².